The summed E-state index contributed by atoms with van der Waals surface area (Å²) in [6.45, 7) is 6.39. The van der Waals surface area contributed by atoms with Crippen LogP contribution >= 0.6 is 35.0 Å². The van der Waals surface area contributed by atoms with Gasteiger partial charge in [-0.25, -0.2) is 4.79 Å². The van der Waals surface area contributed by atoms with E-state index in [2.05, 4.69) is 22.1 Å². The number of nitrogens with zero attached hydrogens (tertiary/aromatic N) is 3. The quantitative estimate of drug-likeness (QED) is 0.206. The van der Waals surface area contributed by atoms with Crippen LogP contribution in [0.5, 0.6) is 0 Å². The number of ether oxygens (including phenoxy) is 1. The Morgan fingerprint density at radius 1 is 1.15 bits per heavy atom. The molecule has 1 heterocycles. The normalized spacial score (nSPS) is 10.7. The molecule has 0 bridgehead atoms. The van der Waals surface area contributed by atoms with E-state index in [1.54, 1.807) is 43.3 Å². The van der Waals surface area contributed by atoms with Gasteiger partial charge < -0.3 is 14.6 Å². The van der Waals surface area contributed by atoms with Crippen LogP contribution in [0.1, 0.15) is 28.7 Å². The third-order valence-corrected chi connectivity index (χ3v) is 6.30. The highest BCUT2D eigenvalue weighted by atomic mass is 35.5. The molecule has 10 heteroatoms. The zero-order valence-corrected chi connectivity index (χ0v) is 20.9. The number of carbonyl (C=O) groups excluding carboxylic acids is 2. The summed E-state index contributed by atoms with van der Waals surface area (Å²) in [6.07, 6.45) is 3.07. The summed E-state index contributed by atoms with van der Waals surface area (Å²) in [5, 5.41) is 13.2. The van der Waals surface area contributed by atoms with Crippen LogP contribution in [0.2, 0.25) is 10.0 Å². The number of anilines is 1. The summed E-state index contributed by atoms with van der Waals surface area (Å²) in [5.41, 5.74) is 1.99. The number of aryl methyl sites for hydroxylation is 2. The van der Waals surface area contributed by atoms with E-state index in [1.807, 2.05) is 16.7 Å². The molecule has 0 saturated carbocycles. The lowest BCUT2D eigenvalue weighted by Crippen LogP contribution is -2.15. The molecule has 34 heavy (non-hydrogen) atoms. The second-order valence-electron chi connectivity index (χ2n) is 7.17. The first kappa shape index (κ1) is 25.8. The lowest BCUT2D eigenvalue weighted by atomic mass is 10.1. The Morgan fingerprint density at radius 2 is 1.91 bits per heavy atom. The Hall–Kier alpha value is -2.81. The number of hydrogen-bond acceptors (Lipinski definition) is 6. The first-order chi connectivity index (χ1) is 16.4. The zero-order chi connectivity index (χ0) is 24.5. The maximum Gasteiger partial charge on any atom is 0.338 e. The number of esters is 1. The molecule has 7 nitrogen and oxygen atoms in total. The van der Waals surface area contributed by atoms with Crippen LogP contribution in [-0.2, 0) is 28.9 Å². The number of allylic oxidation sites excluding steroid dienone is 1. The molecule has 1 N–H and O–H groups in total. The van der Waals surface area contributed by atoms with Crippen molar-refractivity contribution in [2.75, 3.05) is 17.7 Å². The molecule has 0 fully saturated rings. The number of carbonyl (C=O) groups is 2. The number of thioether (sulfide) groups is 1. The van der Waals surface area contributed by atoms with Gasteiger partial charge in [-0.05, 0) is 55.3 Å². The van der Waals surface area contributed by atoms with Gasteiger partial charge in [-0.1, -0.05) is 47.1 Å². The third-order valence-electron chi connectivity index (χ3n) is 4.75. The SMILES string of the molecule is C=CCn1c(CCc2ccc(Cl)cc2Cl)nnc1SCC(=O)Nc1ccc(C(=O)OCC)cc1. The summed E-state index contributed by atoms with van der Waals surface area (Å²) >= 11 is 13.5. The van der Waals surface area contributed by atoms with Crippen molar-refractivity contribution in [2.45, 2.75) is 31.5 Å². The van der Waals surface area contributed by atoms with Gasteiger partial charge in [-0.2, -0.15) is 0 Å². The molecule has 0 radical (unpaired) electrons. The zero-order valence-electron chi connectivity index (χ0n) is 18.6. The highest BCUT2D eigenvalue weighted by molar-refractivity contribution is 7.99. The van der Waals surface area contributed by atoms with Gasteiger partial charge in [0, 0.05) is 28.7 Å². The smallest absolute Gasteiger partial charge is 0.338 e. The van der Waals surface area contributed by atoms with E-state index in [-0.39, 0.29) is 11.7 Å². The molecule has 3 rings (SSSR count). The third kappa shape index (κ3) is 7.09. The maximum atomic E-state index is 12.4. The molecule has 1 amide bonds. The van der Waals surface area contributed by atoms with Gasteiger partial charge in [0.2, 0.25) is 5.91 Å². The van der Waals surface area contributed by atoms with Crippen molar-refractivity contribution in [3.8, 4) is 0 Å². The van der Waals surface area contributed by atoms with Crippen molar-refractivity contribution in [2.24, 2.45) is 0 Å². The van der Waals surface area contributed by atoms with Crippen molar-refractivity contribution in [3.63, 3.8) is 0 Å². The number of hydrogen-bond donors (Lipinski definition) is 1. The molecule has 0 atom stereocenters. The van der Waals surface area contributed by atoms with Crippen molar-refractivity contribution in [1.29, 1.82) is 0 Å². The van der Waals surface area contributed by atoms with Gasteiger partial charge in [-0.15, -0.1) is 16.8 Å². The molecular formula is C24H24Cl2N4O3S. The molecule has 0 unspecified atom stereocenters. The molecule has 0 aliphatic rings. The van der Waals surface area contributed by atoms with Crippen LogP contribution in [0.15, 0.2) is 60.3 Å². The molecule has 0 saturated heterocycles. The Balaban J connectivity index is 1.58. The van der Waals surface area contributed by atoms with E-state index in [1.165, 1.54) is 11.8 Å². The van der Waals surface area contributed by atoms with Gasteiger partial charge in [0.15, 0.2) is 5.16 Å². The van der Waals surface area contributed by atoms with E-state index in [4.69, 9.17) is 27.9 Å². The van der Waals surface area contributed by atoms with E-state index in [9.17, 15) is 9.59 Å². The van der Waals surface area contributed by atoms with E-state index in [0.717, 1.165) is 11.4 Å². The first-order valence-corrected chi connectivity index (χ1v) is 12.3. The lowest BCUT2D eigenvalue weighted by molar-refractivity contribution is -0.113. The van der Waals surface area contributed by atoms with E-state index in [0.29, 0.717) is 52.4 Å². The highest BCUT2D eigenvalue weighted by Crippen LogP contribution is 2.23. The van der Waals surface area contributed by atoms with Crippen LogP contribution in [0.3, 0.4) is 0 Å². The number of benzene rings is 2. The Labute approximate surface area is 212 Å². The Kier molecular flexibility index (Phi) is 9.56. The van der Waals surface area contributed by atoms with Crippen LogP contribution in [-0.4, -0.2) is 39.0 Å². The monoisotopic (exact) mass is 518 g/mol. The molecule has 0 spiro atoms. The van der Waals surface area contributed by atoms with Crippen LogP contribution < -0.4 is 5.32 Å². The number of nitrogens with one attached hydrogen (secondary N) is 1. The standard InChI is InChI=1S/C24H24Cl2N4O3S/c1-3-13-30-21(12-8-16-5-9-18(25)14-20(16)26)28-29-24(30)34-15-22(31)27-19-10-6-17(7-11-19)23(32)33-4-2/h3,5-7,9-11,14H,1,4,8,12-13,15H2,2H3,(H,27,31). The Bertz CT molecular complexity index is 1170. The van der Waals surface area contributed by atoms with Gasteiger partial charge in [-0.3, -0.25) is 4.79 Å². The lowest BCUT2D eigenvalue weighted by Gasteiger charge is -2.09. The number of amides is 1. The molecule has 3 aromatic rings. The largest absolute Gasteiger partial charge is 0.462 e. The second kappa shape index (κ2) is 12.6. The van der Waals surface area contributed by atoms with Crippen LogP contribution in [0, 0.1) is 0 Å². The molecule has 2 aromatic carbocycles. The fourth-order valence-electron chi connectivity index (χ4n) is 3.13. The summed E-state index contributed by atoms with van der Waals surface area (Å²) in [4.78, 5) is 24.2. The van der Waals surface area contributed by atoms with Crippen molar-refractivity contribution in [3.05, 3.63) is 82.1 Å². The van der Waals surface area contributed by atoms with E-state index >= 15 is 0 Å². The fourth-order valence-corrected chi connectivity index (χ4v) is 4.39. The number of aromatic nitrogens is 3. The van der Waals surface area contributed by atoms with Crippen LogP contribution in [0.4, 0.5) is 5.69 Å². The van der Waals surface area contributed by atoms with Gasteiger partial charge >= 0.3 is 5.97 Å². The van der Waals surface area contributed by atoms with Crippen LogP contribution in [0.25, 0.3) is 0 Å². The van der Waals surface area contributed by atoms with Gasteiger partial charge in [0.1, 0.15) is 5.82 Å². The number of rotatable bonds is 11. The summed E-state index contributed by atoms with van der Waals surface area (Å²) < 4.78 is 6.89. The highest BCUT2D eigenvalue weighted by Gasteiger charge is 2.15. The minimum atomic E-state index is -0.397. The summed E-state index contributed by atoms with van der Waals surface area (Å²) in [6, 6.07) is 12.0. The average molecular weight is 519 g/mol. The molecule has 0 aliphatic heterocycles. The number of halogens is 2. The molecule has 0 aliphatic carbocycles. The summed E-state index contributed by atoms with van der Waals surface area (Å²) in [5.74, 6) is 0.337. The van der Waals surface area contributed by atoms with Crippen molar-refractivity contribution < 1.29 is 14.3 Å². The minimum Gasteiger partial charge on any atom is -0.462 e. The molecule has 178 valence electrons. The second-order valence-corrected chi connectivity index (χ2v) is 8.95. The Morgan fingerprint density at radius 3 is 2.59 bits per heavy atom. The van der Waals surface area contributed by atoms with E-state index < -0.39 is 5.97 Å². The fraction of sp³-hybridized carbons (Fsp3) is 0.250. The average Bonchev–Trinajstić information content (AvgIpc) is 3.19. The molecule has 1 aromatic heterocycles. The predicted octanol–water partition coefficient (Wildman–Crippen LogP) is 5.46. The predicted molar refractivity (Wildman–Crippen MR) is 136 cm³/mol. The summed E-state index contributed by atoms with van der Waals surface area (Å²) in [7, 11) is 0. The van der Waals surface area contributed by atoms with Gasteiger partial charge in [0.05, 0.1) is 17.9 Å². The topological polar surface area (TPSA) is 86.1 Å². The van der Waals surface area contributed by atoms with Crippen molar-refractivity contribution >= 4 is 52.5 Å². The maximum absolute atomic E-state index is 12.4. The van der Waals surface area contributed by atoms with Crippen molar-refractivity contribution in [1.82, 2.24) is 14.8 Å². The van der Waals surface area contributed by atoms with Gasteiger partial charge in [0.25, 0.3) is 0 Å². The first-order valence-electron chi connectivity index (χ1n) is 10.6. The minimum absolute atomic E-state index is 0.151. The molecular weight excluding hydrogens is 495 g/mol.